The molecule has 1 fully saturated rings. The number of hydrogen-bond acceptors (Lipinski definition) is 4. The maximum atomic E-state index is 11.9. The standard InChI is InChI=1S/C13H22N2O3S/c1-13(2)8-5-9-15(13)10-11-6-7-12(18-11)19(16,17)14(3)4/h6-7H,5,8-10H2,1-4H3. The van der Waals surface area contributed by atoms with E-state index in [1.807, 2.05) is 0 Å². The average Bonchev–Trinajstić information content (AvgIpc) is 2.87. The second kappa shape index (κ2) is 4.92. The van der Waals surface area contributed by atoms with Gasteiger partial charge in [-0.3, -0.25) is 4.90 Å². The predicted octanol–water partition coefficient (Wildman–Crippen LogP) is 1.90. The van der Waals surface area contributed by atoms with Crippen molar-refractivity contribution in [1.82, 2.24) is 9.21 Å². The Hall–Kier alpha value is -0.850. The van der Waals surface area contributed by atoms with Gasteiger partial charge in [-0.05, 0) is 45.4 Å². The van der Waals surface area contributed by atoms with Crippen molar-refractivity contribution in [1.29, 1.82) is 0 Å². The number of sulfonamides is 1. The van der Waals surface area contributed by atoms with E-state index in [-0.39, 0.29) is 10.6 Å². The zero-order valence-corrected chi connectivity index (χ0v) is 12.8. The molecule has 1 saturated heterocycles. The lowest BCUT2D eigenvalue weighted by molar-refractivity contribution is 0.151. The maximum Gasteiger partial charge on any atom is 0.275 e. The largest absolute Gasteiger partial charge is 0.447 e. The van der Waals surface area contributed by atoms with E-state index in [2.05, 4.69) is 18.7 Å². The van der Waals surface area contributed by atoms with Crippen LogP contribution in [0.2, 0.25) is 0 Å². The molecule has 0 unspecified atom stereocenters. The lowest BCUT2D eigenvalue weighted by Crippen LogP contribution is -2.37. The van der Waals surface area contributed by atoms with Gasteiger partial charge in [-0.1, -0.05) is 0 Å². The number of hydrogen-bond donors (Lipinski definition) is 0. The van der Waals surface area contributed by atoms with Crippen LogP contribution in [-0.4, -0.2) is 43.8 Å². The summed E-state index contributed by atoms with van der Waals surface area (Å²) in [6.45, 7) is 6.11. The molecule has 1 aliphatic heterocycles. The van der Waals surface area contributed by atoms with Crippen LogP contribution < -0.4 is 0 Å². The lowest BCUT2D eigenvalue weighted by atomic mass is 10.0. The van der Waals surface area contributed by atoms with E-state index in [1.54, 1.807) is 6.07 Å². The van der Waals surface area contributed by atoms with Crippen molar-refractivity contribution in [3.8, 4) is 0 Å². The van der Waals surface area contributed by atoms with Crippen LogP contribution >= 0.6 is 0 Å². The van der Waals surface area contributed by atoms with Crippen molar-refractivity contribution >= 4 is 10.0 Å². The van der Waals surface area contributed by atoms with Gasteiger partial charge in [-0.15, -0.1) is 0 Å². The molecule has 0 aliphatic carbocycles. The summed E-state index contributed by atoms with van der Waals surface area (Å²) in [6, 6.07) is 3.29. The van der Waals surface area contributed by atoms with Gasteiger partial charge in [0.25, 0.3) is 10.0 Å². The normalized spacial score (nSPS) is 20.3. The van der Waals surface area contributed by atoms with E-state index in [4.69, 9.17) is 4.42 Å². The lowest BCUT2D eigenvalue weighted by Gasteiger charge is -2.30. The summed E-state index contributed by atoms with van der Waals surface area (Å²) in [4.78, 5) is 2.33. The molecule has 6 heteroatoms. The molecule has 108 valence electrons. The summed E-state index contributed by atoms with van der Waals surface area (Å²) in [5, 5.41) is 0.0181. The molecule has 1 aromatic rings. The first-order valence-corrected chi connectivity index (χ1v) is 7.94. The molecule has 19 heavy (non-hydrogen) atoms. The van der Waals surface area contributed by atoms with Crippen LogP contribution in [0.25, 0.3) is 0 Å². The van der Waals surface area contributed by atoms with Crippen LogP contribution in [0.5, 0.6) is 0 Å². The van der Waals surface area contributed by atoms with Crippen LogP contribution in [-0.2, 0) is 16.6 Å². The molecule has 2 heterocycles. The third-order valence-corrected chi connectivity index (χ3v) is 5.48. The summed E-state index contributed by atoms with van der Waals surface area (Å²) in [5.74, 6) is 0.704. The number of likely N-dealkylation sites (tertiary alicyclic amines) is 1. The van der Waals surface area contributed by atoms with Crippen molar-refractivity contribution < 1.29 is 12.8 Å². The smallest absolute Gasteiger partial charge is 0.275 e. The third kappa shape index (κ3) is 2.85. The fourth-order valence-electron chi connectivity index (χ4n) is 2.41. The fourth-order valence-corrected chi connectivity index (χ4v) is 3.22. The second-order valence-corrected chi connectivity index (χ2v) is 7.93. The number of nitrogens with zero attached hydrogens (tertiary/aromatic N) is 2. The molecule has 0 aromatic carbocycles. The summed E-state index contributed by atoms with van der Waals surface area (Å²) < 4.78 is 30.5. The quantitative estimate of drug-likeness (QED) is 0.848. The first kappa shape index (κ1) is 14.6. The van der Waals surface area contributed by atoms with Crippen LogP contribution in [0.3, 0.4) is 0 Å². The topological polar surface area (TPSA) is 53.8 Å². The Morgan fingerprint density at radius 1 is 1.37 bits per heavy atom. The second-order valence-electron chi connectivity index (χ2n) is 5.85. The molecular formula is C13H22N2O3S. The van der Waals surface area contributed by atoms with Crippen molar-refractivity contribution in [2.45, 2.75) is 43.9 Å². The molecule has 0 atom stereocenters. The highest BCUT2D eigenvalue weighted by molar-refractivity contribution is 7.88. The Balaban J connectivity index is 2.15. The number of rotatable bonds is 4. The van der Waals surface area contributed by atoms with Gasteiger partial charge in [0.05, 0.1) is 6.54 Å². The highest BCUT2D eigenvalue weighted by Gasteiger charge is 2.32. The Labute approximate surface area is 115 Å². The van der Waals surface area contributed by atoms with Gasteiger partial charge in [0.2, 0.25) is 5.09 Å². The average molecular weight is 286 g/mol. The molecule has 0 N–H and O–H groups in total. The number of furan rings is 1. The third-order valence-electron chi connectivity index (χ3n) is 3.79. The fraction of sp³-hybridized carbons (Fsp3) is 0.692. The molecule has 1 aliphatic rings. The summed E-state index contributed by atoms with van der Waals surface area (Å²) in [7, 11) is -0.468. The van der Waals surface area contributed by atoms with E-state index in [1.165, 1.54) is 26.6 Å². The van der Waals surface area contributed by atoms with Crippen LogP contribution in [0.4, 0.5) is 0 Å². The predicted molar refractivity (Wildman–Crippen MR) is 73.3 cm³/mol. The van der Waals surface area contributed by atoms with Crippen LogP contribution in [0.1, 0.15) is 32.4 Å². The van der Waals surface area contributed by atoms with E-state index in [0.717, 1.165) is 17.3 Å². The minimum Gasteiger partial charge on any atom is -0.447 e. The molecule has 5 nitrogen and oxygen atoms in total. The molecule has 0 radical (unpaired) electrons. The first-order valence-electron chi connectivity index (χ1n) is 6.50. The SMILES string of the molecule is CN(C)S(=O)(=O)c1ccc(CN2CCCC2(C)C)o1. The van der Waals surface area contributed by atoms with E-state index < -0.39 is 10.0 Å². The minimum atomic E-state index is -3.47. The molecular weight excluding hydrogens is 264 g/mol. The maximum absolute atomic E-state index is 11.9. The highest BCUT2D eigenvalue weighted by Crippen LogP contribution is 2.30. The summed E-state index contributed by atoms with van der Waals surface area (Å²) >= 11 is 0. The van der Waals surface area contributed by atoms with Gasteiger partial charge in [-0.25, -0.2) is 12.7 Å². The Morgan fingerprint density at radius 3 is 2.58 bits per heavy atom. The Bertz CT molecular complexity index is 546. The van der Waals surface area contributed by atoms with E-state index >= 15 is 0 Å². The van der Waals surface area contributed by atoms with Gasteiger partial charge >= 0.3 is 0 Å². The zero-order valence-electron chi connectivity index (χ0n) is 12.0. The molecule has 0 spiro atoms. The first-order chi connectivity index (χ1) is 8.73. The monoisotopic (exact) mass is 286 g/mol. The van der Waals surface area contributed by atoms with Gasteiger partial charge in [0.15, 0.2) is 0 Å². The van der Waals surface area contributed by atoms with Crippen molar-refractivity contribution in [3.63, 3.8) is 0 Å². The molecule has 0 saturated carbocycles. The minimum absolute atomic E-state index is 0.0181. The Kier molecular flexibility index (Phi) is 3.77. The van der Waals surface area contributed by atoms with Crippen molar-refractivity contribution in [3.05, 3.63) is 17.9 Å². The van der Waals surface area contributed by atoms with Gasteiger partial charge < -0.3 is 4.42 Å². The van der Waals surface area contributed by atoms with Crippen LogP contribution in [0.15, 0.2) is 21.6 Å². The zero-order chi connectivity index (χ0) is 14.3. The van der Waals surface area contributed by atoms with E-state index in [9.17, 15) is 8.42 Å². The van der Waals surface area contributed by atoms with Crippen LogP contribution in [0, 0.1) is 0 Å². The van der Waals surface area contributed by atoms with Gasteiger partial charge in [0.1, 0.15) is 5.76 Å². The summed E-state index contributed by atoms with van der Waals surface area (Å²) in [6.07, 6.45) is 2.34. The molecule has 0 bridgehead atoms. The Morgan fingerprint density at radius 2 is 2.05 bits per heavy atom. The van der Waals surface area contributed by atoms with Crippen molar-refractivity contribution in [2.75, 3.05) is 20.6 Å². The highest BCUT2D eigenvalue weighted by atomic mass is 32.2. The molecule has 0 amide bonds. The molecule has 2 rings (SSSR count). The van der Waals surface area contributed by atoms with Gasteiger partial charge in [-0.2, -0.15) is 0 Å². The van der Waals surface area contributed by atoms with E-state index in [0.29, 0.717) is 12.3 Å². The summed E-state index contributed by atoms with van der Waals surface area (Å²) in [5.41, 5.74) is 0.160. The molecule has 1 aromatic heterocycles. The van der Waals surface area contributed by atoms with Gasteiger partial charge in [0, 0.05) is 19.6 Å². The van der Waals surface area contributed by atoms with Crippen molar-refractivity contribution in [2.24, 2.45) is 0 Å².